The minimum absolute atomic E-state index is 0.178. The Morgan fingerprint density at radius 1 is 1.25 bits per heavy atom. The van der Waals surface area contributed by atoms with Crippen LogP contribution in [0.2, 0.25) is 0 Å². The van der Waals surface area contributed by atoms with Crippen molar-refractivity contribution in [3.63, 3.8) is 0 Å². The fraction of sp³-hybridized carbons (Fsp3) is 0.267. The molecule has 2 N–H and O–H groups in total. The lowest BCUT2D eigenvalue weighted by molar-refractivity contribution is 0.284. The Kier molecular flexibility index (Phi) is 4.53. The smallest absolute Gasteiger partial charge is 0.165 e. The van der Waals surface area contributed by atoms with Gasteiger partial charge in [0.2, 0.25) is 0 Å². The van der Waals surface area contributed by atoms with Crippen molar-refractivity contribution in [1.29, 1.82) is 0 Å². The normalized spacial score (nSPS) is 10.4. The zero-order chi connectivity index (χ0) is 14.5. The average molecular weight is 276 g/mol. The summed E-state index contributed by atoms with van der Waals surface area (Å²) >= 11 is 0. The molecule has 1 aromatic carbocycles. The number of pyridine rings is 1. The predicted octanol–water partition coefficient (Wildman–Crippen LogP) is 2.58. The van der Waals surface area contributed by atoms with Gasteiger partial charge in [0.05, 0.1) is 12.8 Å². The molecule has 0 aliphatic rings. The first-order valence-corrected chi connectivity index (χ1v) is 6.25. The van der Waals surface area contributed by atoms with E-state index in [1.165, 1.54) is 6.07 Å². The second-order valence-electron chi connectivity index (χ2n) is 4.40. The number of benzene rings is 1. The first-order valence-electron chi connectivity index (χ1n) is 6.25. The molecule has 1 aromatic heterocycles. The van der Waals surface area contributed by atoms with Crippen molar-refractivity contribution in [1.82, 2.24) is 4.98 Å². The summed E-state index contributed by atoms with van der Waals surface area (Å²) in [5.41, 5.74) is 7.68. The van der Waals surface area contributed by atoms with Gasteiger partial charge in [-0.15, -0.1) is 0 Å². The van der Waals surface area contributed by atoms with Crippen LogP contribution in [0.3, 0.4) is 0 Å². The molecule has 0 spiro atoms. The third-order valence-electron chi connectivity index (χ3n) is 2.82. The monoisotopic (exact) mass is 276 g/mol. The summed E-state index contributed by atoms with van der Waals surface area (Å²) in [6.07, 6.45) is 0. The summed E-state index contributed by atoms with van der Waals surface area (Å²) < 4.78 is 24.3. The Morgan fingerprint density at radius 2 is 2.05 bits per heavy atom. The van der Waals surface area contributed by atoms with Crippen LogP contribution in [-0.4, -0.2) is 12.1 Å². The van der Waals surface area contributed by atoms with Crippen LogP contribution in [0.5, 0.6) is 11.5 Å². The molecular formula is C15H17FN2O2. The highest BCUT2D eigenvalue weighted by Gasteiger charge is 2.06. The van der Waals surface area contributed by atoms with Crippen molar-refractivity contribution < 1.29 is 13.9 Å². The van der Waals surface area contributed by atoms with E-state index in [9.17, 15) is 4.39 Å². The maximum atomic E-state index is 13.7. The third-order valence-corrected chi connectivity index (χ3v) is 2.82. The Balaban J connectivity index is 2.10. The van der Waals surface area contributed by atoms with Gasteiger partial charge in [0.15, 0.2) is 11.6 Å². The standard InChI is InChI=1S/C15H17FN2O2/c1-10-5-13(19-2)7-12(18-10)9-20-15-4-3-11(8-17)6-14(15)16/h3-7H,8-9,17H2,1-2H3. The minimum atomic E-state index is -0.424. The van der Waals surface area contributed by atoms with Crippen LogP contribution in [0.15, 0.2) is 30.3 Å². The molecule has 0 aliphatic carbocycles. The van der Waals surface area contributed by atoms with E-state index >= 15 is 0 Å². The van der Waals surface area contributed by atoms with E-state index in [1.807, 2.05) is 13.0 Å². The Labute approximate surface area is 117 Å². The molecule has 5 heteroatoms. The molecule has 0 fully saturated rings. The Bertz CT molecular complexity index is 602. The summed E-state index contributed by atoms with van der Waals surface area (Å²) in [7, 11) is 1.59. The molecule has 0 saturated heterocycles. The van der Waals surface area contributed by atoms with Crippen molar-refractivity contribution in [3.05, 3.63) is 53.1 Å². The first kappa shape index (κ1) is 14.3. The van der Waals surface area contributed by atoms with Gasteiger partial charge in [0.25, 0.3) is 0 Å². The van der Waals surface area contributed by atoms with Gasteiger partial charge in [-0.25, -0.2) is 4.39 Å². The van der Waals surface area contributed by atoms with Gasteiger partial charge in [-0.05, 0) is 24.6 Å². The summed E-state index contributed by atoms with van der Waals surface area (Å²) in [5.74, 6) is 0.465. The van der Waals surface area contributed by atoms with Crippen LogP contribution in [0.1, 0.15) is 17.0 Å². The van der Waals surface area contributed by atoms with E-state index in [0.29, 0.717) is 18.0 Å². The largest absolute Gasteiger partial charge is 0.497 e. The number of ether oxygens (including phenoxy) is 2. The van der Waals surface area contributed by atoms with Gasteiger partial charge in [0.1, 0.15) is 12.4 Å². The van der Waals surface area contributed by atoms with Crippen molar-refractivity contribution in [2.24, 2.45) is 5.73 Å². The van der Waals surface area contributed by atoms with Crippen LogP contribution in [0.25, 0.3) is 0 Å². The number of aromatic nitrogens is 1. The summed E-state index contributed by atoms with van der Waals surface area (Å²) in [5, 5.41) is 0. The molecule has 106 valence electrons. The predicted molar refractivity (Wildman–Crippen MR) is 74.1 cm³/mol. The number of methoxy groups -OCH3 is 1. The van der Waals surface area contributed by atoms with Crippen molar-refractivity contribution in [2.45, 2.75) is 20.1 Å². The molecule has 2 rings (SSSR count). The van der Waals surface area contributed by atoms with Gasteiger partial charge in [0, 0.05) is 24.4 Å². The molecule has 0 amide bonds. The fourth-order valence-corrected chi connectivity index (χ4v) is 1.83. The SMILES string of the molecule is COc1cc(C)nc(COc2ccc(CN)cc2F)c1. The minimum Gasteiger partial charge on any atom is -0.497 e. The maximum Gasteiger partial charge on any atom is 0.165 e. The molecular weight excluding hydrogens is 259 g/mol. The first-order chi connectivity index (χ1) is 9.62. The van der Waals surface area contributed by atoms with Crippen LogP contribution in [0, 0.1) is 12.7 Å². The third kappa shape index (κ3) is 3.45. The molecule has 0 radical (unpaired) electrons. The number of hydrogen-bond donors (Lipinski definition) is 1. The summed E-state index contributed by atoms with van der Waals surface area (Å²) in [6.45, 7) is 2.34. The topological polar surface area (TPSA) is 57.4 Å². The van der Waals surface area contributed by atoms with Gasteiger partial charge >= 0.3 is 0 Å². The zero-order valence-electron chi connectivity index (χ0n) is 11.5. The molecule has 0 atom stereocenters. The summed E-state index contributed by atoms with van der Waals surface area (Å²) in [6, 6.07) is 8.27. The molecule has 0 aliphatic heterocycles. The van der Waals surface area contributed by atoms with Crippen molar-refractivity contribution >= 4 is 0 Å². The molecule has 2 aromatic rings. The number of nitrogens with two attached hydrogens (primary N) is 1. The molecule has 0 unspecified atom stereocenters. The van der Waals surface area contributed by atoms with Gasteiger partial charge in [-0.2, -0.15) is 0 Å². The lowest BCUT2D eigenvalue weighted by Crippen LogP contribution is -2.03. The van der Waals surface area contributed by atoms with Gasteiger partial charge < -0.3 is 15.2 Å². The van der Waals surface area contributed by atoms with E-state index in [1.54, 1.807) is 25.3 Å². The zero-order valence-corrected chi connectivity index (χ0v) is 11.5. The van der Waals surface area contributed by atoms with Crippen LogP contribution in [-0.2, 0) is 13.2 Å². The Morgan fingerprint density at radius 3 is 2.70 bits per heavy atom. The van der Waals surface area contributed by atoms with E-state index < -0.39 is 5.82 Å². The highest BCUT2D eigenvalue weighted by molar-refractivity contribution is 5.30. The van der Waals surface area contributed by atoms with Crippen molar-refractivity contribution in [2.75, 3.05) is 7.11 Å². The van der Waals surface area contributed by atoms with Crippen LogP contribution < -0.4 is 15.2 Å². The quantitative estimate of drug-likeness (QED) is 0.912. The molecule has 20 heavy (non-hydrogen) atoms. The van der Waals surface area contributed by atoms with E-state index in [0.717, 1.165) is 11.3 Å². The van der Waals surface area contributed by atoms with E-state index in [-0.39, 0.29) is 12.4 Å². The second kappa shape index (κ2) is 6.34. The van der Waals surface area contributed by atoms with E-state index in [4.69, 9.17) is 15.2 Å². The highest BCUT2D eigenvalue weighted by atomic mass is 19.1. The second-order valence-corrected chi connectivity index (χ2v) is 4.40. The van der Waals surface area contributed by atoms with Gasteiger partial charge in [-0.1, -0.05) is 6.07 Å². The lowest BCUT2D eigenvalue weighted by atomic mass is 10.2. The van der Waals surface area contributed by atoms with Gasteiger partial charge in [-0.3, -0.25) is 4.98 Å². The lowest BCUT2D eigenvalue weighted by Gasteiger charge is -2.09. The van der Waals surface area contributed by atoms with Crippen LogP contribution >= 0.6 is 0 Å². The molecule has 0 bridgehead atoms. The van der Waals surface area contributed by atoms with Crippen molar-refractivity contribution in [3.8, 4) is 11.5 Å². The molecule has 4 nitrogen and oxygen atoms in total. The average Bonchev–Trinajstić information content (AvgIpc) is 2.45. The molecule has 1 heterocycles. The number of rotatable bonds is 5. The highest BCUT2D eigenvalue weighted by Crippen LogP contribution is 2.20. The number of nitrogens with zero attached hydrogens (tertiary/aromatic N) is 1. The van der Waals surface area contributed by atoms with E-state index in [2.05, 4.69) is 4.98 Å². The Hall–Kier alpha value is -2.14. The number of aryl methyl sites for hydroxylation is 1. The summed E-state index contributed by atoms with van der Waals surface area (Å²) in [4.78, 5) is 4.31. The maximum absolute atomic E-state index is 13.7. The van der Waals surface area contributed by atoms with Crippen LogP contribution in [0.4, 0.5) is 4.39 Å². The number of hydrogen-bond acceptors (Lipinski definition) is 4. The fourth-order valence-electron chi connectivity index (χ4n) is 1.83. The molecule has 0 saturated carbocycles. The number of halogens is 1.